The van der Waals surface area contributed by atoms with Crippen molar-refractivity contribution >= 4 is 16.9 Å². The second-order valence-electron chi connectivity index (χ2n) is 4.23. The van der Waals surface area contributed by atoms with Crippen LogP contribution in [-0.4, -0.2) is 25.6 Å². The Balaban J connectivity index is 1.96. The summed E-state index contributed by atoms with van der Waals surface area (Å²) in [4.78, 5) is 22.6. The number of carbonyl (C=O) groups excluding carboxylic acids is 1. The molecule has 0 saturated carbocycles. The molecule has 0 saturated heterocycles. The van der Waals surface area contributed by atoms with Gasteiger partial charge in [0.25, 0.3) is 5.91 Å². The lowest BCUT2D eigenvalue weighted by Gasteiger charge is -2.07. The molecule has 0 aliphatic heterocycles. The molecular formula is C14H16N2O4. The summed E-state index contributed by atoms with van der Waals surface area (Å²) in [5.41, 5.74) is 5.33. The fraction of sp³-hybridized carbons (Fsp3) is 0.286. The molecule has 2 rings (SSSR count). The Labute approximate surface area is 115 Å². The molecule has 0 atom stereocenters. The number of benzene rings is 1. The summed E-state index contributed by atoms with van der Waals surface area (Å²) in [5.74, 6) is 0.258. The maximum absolute atomic E-state index is 11.5. The molecule has 0 spiro atoms. The van der Waals surface area contributed by atoms with Crippen LogP contribution in [0.15, 0.2) is 39.5 Å². The molecule has 1 heterocycles. The van der Waals surface area contributed by atoms with Crippen molar-refractivity contribution in [1.82, 2.24) is 5.32 Å². The van der Waals surface area contributed by atoms with Crippen LogP contribution < -0.4 is 21.4 Å². The molecule has 1 aromatic carbocycles. The molecule has 1 aromatic heterocycles. The van der Waals surface area contributed by atoms with Gasteiger partial charge in [0.1, 0.15) is 11.3 Å². The van der Waals surface area contributed by atoms with Crippen LogP contribution in [0.1, 0.15) is 6.42 Å². The van der Waals surface area contributed by atoms with E-state index in [1.807, 2.05) is 0 Å². The van der Waals surface area contributed by atoms with Gasteiger partial charge in [-0.3, -0.25) is 4.79 Å². The minimum atomic E-state index is -0.422. The van der Waals surface area contributed by atoms with Crippen LogP contribution in [0.5, 0.6) is 5.75 Å². The van der Waals surface area contributed by atoms with Crippen molar-refractivity contribution in [3.63, 3.8) is 0 Å². The number of nitrogens with one attached hydrogen (secondary N) is 1. The number of rotatable bonds is 6. The van der Waals surface area contributed by atoms with Crippen molar-refractivity contribution < 1.29 is 13.9 Å². The highest BCUT2D eigenvalue weighted by atomic mass is 16.5. The van der Waals surface area contributed by atoms with E-state index in [2.05, 4.69) is 5.32 Å². The summed E-state index contributed by atoms with van der Waals surface area (Å²) in [5, 5.41) is 3.48. The molecule has 20 heavy (non-hydrogen) atoms. The summed E-state index contributed by atoms with van der Waals surface area (Å²) in [6, 6.07) is 8.09. The predicted molar refractivity (Wildman–Crippen MR) is 74.7 cm³/mol. The lowest BCUT2D eigenvalue weighted by molar-refractivity contribution is -0.123. The van der Waals surface area contributed by atoms with Gasteiger partial charge in [-0.15, -0.1) is 0 Å². The zero-order chi connectivity index (χ0) is 14.4. The third-order valence-electron chi connectivity index (χ3n) is 2.67. The molecule has 0 aliphatic carbocycles. The third kappa shape index (κ3) is 3.83. The van der Waals surface area contributed by atoms with Gasteiger partial charge in [-0.25, -0.2) is 4.79 Å². The van der Waals surface area contributed by atoms with Crippen LogP contribution in [0.25, 0.3) is 11.0 Å². The van der Waals surface area contributed by atoms with E-state index in [4.69, 9.17) is 14.9 Å². The van der Waals surface area contributed by atoms with Gasteiger partial charge in [-0.05, 0) is 31.2 Å². The van der Waals surface area contributed by atoms with E-state index in [1.165, 1.54) is 6.07 Å². The van der Waals surface area contributed by atoms with Gasteiger partial charge < -0.3 is 20.2 Å². The molecule has 0 unspecified atom stereocenters. The molecule has 0 bridgehead atoms. The van der Waals surface area contributed by atoms with E-state index in [0.29, 0.717) is 24.4 Å². The topological polar surface area (TPSA) is 94.6 Å². The Hall–Kier alpha value is -2.34. The number of fused-ring (bicyclic) bond motifs is 1. The van der Waals surface area contributed by atoms with E-state index in [1.54, 1.807) is 24.3 Å². The van der Waals surface area contributed by atoms with Gasteiger partial charge >= 0.3 is 5.63 Å². The van der Waals surface area contributed by atoms with E-state index >= 15 is 0 Å². The molecule has 6 heteroatoms. The van der Waals surface area contributed by atoms with Crippen LogP contribution >= 0.6 is 0 Å². The standard InChI is InChI=1S/C14H16N2O4/c15-6-1-7-16-13(17)9-19-11-4-2-10-3-5-14(18)20-12(10)8-11/h2-5,8H,1,6-7,9,15H2,(H,16,17). The molecule has 0 radical (unpaired) electrons. The minimum Gasteiger partial charge on any atom is -0.484 e. The van der Waals surface area contributed by atoms with Crippen LogP contribution in [0.3, 0.4) is 0 Å². The number of carbonyl (C=O) groups is 1. The minimum absolute atomic E-state index is 0.0901. The van der Waals surface area contributed by atoms with E-state index < -0.39 is 5.63 Å². The van der Waals surface area contributed by atoms with Gasteiger partial charge in [0, 0.05) is 24.1 Å². The average Bonchev–Trinajstić information content (AvgIpc) is 2.45. The lowest BCUT2D eigenvalue weighted by Crippen LogP contribution is -2.30. The first-order chi connectivity index (χ1) is 9.69. The van der Waals surface area contributed by atoms with Crippen molar-refractivity contribution in [3.8, 4) is 5.75 Å². The van der Waals surface area contributed by atoms with E-state index in [0.717, 1.165) is 11.8 Å². The third-order valence-corrected chi connectivity index (χ3v) is 2.67. The van der Waals surface area contributed by atoms with Crippen LogP contribution in [-0.2, 0) is 4.79 Å². The fourth-order valence-corrected chi connectivity index (χ4v) is 1.66. The number of amides is 1. The van der Waals surface area contributed by atoms with Crippen molar-refractivity contribution in [2.75, 3.05) is 19.7 Å². The normalized spacial score (nSPS) is 10.4. The van der Waals surface area contributed by atoms with Gasteiger partial charge in [0.05, 0.1) is 0 Å². The average molecular weight is 276 g/mol. The van der Waals surface area contributed by atoms with Gasteiger partial charge in [0.2, 0.25) is 0 Å². The Kier molecular flexibility index (Phi) is 4.73. The van der Waals surface area contributed by atoms with Crippen LogP contribution in [0, 0.1) is 0 Å². The quantitative estimate of drug-likeness (QED) is 0.596. The van der Waals surface area contributed by atoms with Gasteiger partial charge in [-0.2, -0.15) is 0 Å². The van der Waals surface area contributed by atoms with Gasteiger partial charge in [-0.1, -0.05) is 0 Å². The van der Waals surface area contributed by atoms with E-state index in [9.17, 15) is 9.59 Å². The zero-order valence-electron chi connectivity index (χ0n) is 10.9. The molecule has 106 valence electrons. The van der Waals surface area contributed by atoms with Crippen molar-refractivity contribution in [1.29, 1.82) is 0 Å². The highest BCUT2D eigenvalue weighted by Gasteiger charge is 2.04. The van der Waals surface area contributed by atoms with Crippen molar-refractivity contribution in [2.24, 2.45) is 5.73 Å². The smallest absolute Gasteiger partial charge is 0.336 e. The summed E-state index contributed by atoms with van der Waals surface area (Å²) in [6.07, 6.45) is 0.729. The van der Waals surface area contributed by atoms with Crippen molar-refractivity contribution in [2.45, 2.75) is 6.42 Å². The monoisotopic (exact) mass is 276 g/mol. The molecule has 6 nitrogen and oxygen atoms in total. The molecule has 0 aliphatic rings. The summed E-state index contributed by atoms with van der Waals surface area (Å²) >= 11 is 0. The fourth-order valence-electron chi connectivity index (χ4n) is 1.66. The summed E-state index contributed by atoms with van der Waals surface area (Å²) < 4.78 is 10.4. The Morgan fingerprint density at radius 3 is 2.90 bits per heavy atom. The maximum Gasteiger partial charge on any atom is 0.336 e. The maximum atomic E-state index is 11.5. The molecule has 0 fully saturated rings. The Morgan fingerprint density at radius 1 is 1.30 bits per heavy atom. The number of hydrogen-bond donors (Lipinski definition) is 2. The molecule has 1 amide bonds. The molecular weight excluding hydrogens is 260 g/mol. The first-order valence-corrected chi connectivity index (χ1v) is 6.32. The zero-order valence-corrected chi connectivity index (χ0v) is 10.9. The lowest BCUT2D eigenvalue weighted by atomic mass is 10.2. The molecule has 3 N–H and O–H groups in total. The predicted octanol–water partition coefficient (Wildman–Crippen LogP) is 0.637. The number of nitrogens with two attached hydrogens (primary N) is 1. The first-order valence-electron chi connectivity index (χ1n) is 6.32. The SMILES string of the molecule is NCCCNC(=O)COc1ccc2ccc(=O)oc2c1. The van der Waals surface area contributed by atoms with E-state index in [-0.39, 0.29) is 12.5 Å². The molecule has 2 aromatic rings. The largest absolute Gasteiger partial charge is 0.484 e. The summed E-state index contributed by atoms with van der Waals surface area (Å²) in [7, 11) is 0. The summed E-state index contributed by atoms with van der Waals surface area (Å²) in [6.45, 7) is 0.975. The highest BCUT2D eigenvalue weighted by molar-refractivity contribution is 5.79. The Morgan fingerprint density at radius 2 is 2.10 bits per heavy atom. The van der Waals surface area contributed by atoms with Gasteiger partial charge in [0.15, 0.2) is 6.61 Å². The second-order valence-corrected chi connectivity index (χ2v) is 4.23. The number of ether oxygens (including phenoxy) is 1. The second kappa shape index (κ2) is 6.72. The Bertz CT molecular complexity index is 651. The van der Waals surface area contributed by atoms with Crippen LogP contribution in [0.4, 0.5) is 0 Å². The number of hydrogen-bond acceptors (Lipinski definition) is 5. The first kappa shape index (κ1) is 14.1. The van der Waals surface area contributed by atoms with Crippen LogP contribution in [0.2, 0.25) is 0 Å². The van der Waals surface area contributed by atoms with Crippen molar-refractivity contribution in [3.05, 3.63) is 40.8 Å². The highest BCUT2D eigenvalue weighted by Crippen LogP contribution is 2.19.